The number of aromatic nitrogens is 4. The summed E-state index contributed by atoms with van der Waals surface area (Å²) in [5.41, 5.74) is 2.86. The first-order valence-corrected chi connectivity index (χ1v) is 8.12. The van der Waals surface area contributed by atoms with Crippen LogP contribution in [-0.4, -0.2) is 25.1 Å². The van der Waals surface area contributed by atoms with E-state index in [1.165, 1.54) is 0 Å². The van der Waals surface area contributed by atoms with Crippen molar-refractivity contribution in [1.82, 2.24) is 20.0 Å². The second-order valence-electron chi connectivity index (χ2n) is 4.51. The molecule has 0 amide bonds. The van der Waals surface area contributed by atoms with E-state index in [4.69, 9.17) is 5.11 Å². The van der Waals surface area contributed by atoms with E-state index in [1.807, 2.05) is 24.3 Å². The lowest BCUT2D eigenvalue weighted by Gasteiger charge is -2.02. The predicted molar refractivity (Wildman–Crippen MR) is 84.9 cm³/mol. The van der Waals surface area contributed by atoms with Crippen LogP contribution >= 0.6 is 27.3 Å². The molecule has 108 valence electrons. The summed E-state index contributed by atoms with van der Waals surface area (Å²) in [6.07, 6.45) is 2.34. The van der Waals surface area contributed by atoms with E-state index in [0.717, 1.165) is 32.9 Å². The summed E-state index contributed by atoms with van der Waals surface area (Å²) >= 11 is 5.07. The van der Waals surface area contributed by atoms with Crippen molar-refractivity contribution in [1.29, 1.82) is 0 Å². The quantitative estimate of drug-likeness (QED) is 0.755. The summed E-state index contributed by atoms with van der Waals surface area (Å²) in [5.74, 6) is 0. The molecule has 0 spiro atoms. The Hall–Kier alpha value is -1.57. The van der Waals surface area contributed by atoms with Gasteiger partial charge >= 0.3 is 0 Å². The van der Waals surface area contributed by atoms with Gasteiger partial charge in [0.05, 0.1) is 24.2 Å². The normalized spacial score (nSPS) is 11.0. The molecule has 3 rings (SSSR count). The Morgan fingerprint density at radius 1 is 1.24 bits per heavy atom. The number of halogens is 1. The number of nitrogens with zero attached hydrogens (tertiary/aromatic N) is 4. The highest BCUT2D eigenvalue weighted by molar-refractivity contribution is 9.10. The summed E-state index contributed by atoms with van der Waals surface area (Å²) in [7, 11) is 0. The highest BCUT2D eigenvalue weighted by atomic mass is 79.9. The summed E-state index contributed by atoms with van der Waals surface area (Å²) in [6, 6.07) is 8.13. The third-order valence-electron chi connectivity index (χ3n) is 3.08. The largest absolute Gasteiger partial charge is 0.390 e. The Kier molecular flexibility index (Phi) is 4.42. The molecular weight excluding hydrogens is 352 g/mol. The fraction of sp³-hybridized carbons (Fsp3) is 0.214. The number of rotatable bonds is 5. The Morgan fingerprint density at radius 3 is 2.81 bits per heavy atom. The number of thiazole rings is 1. The second kappa shape index (κ2) is 6.46. The highest BCUT2D eigenvalue weighted by Gasteiger charge is 2.07. The lowest BCUT2D eigenvalue weighted by molar-refractivity contribution is 0.267. The average Bonchev–Trinajstić information content (AvgIpc) is 3.14. The first kappa shape index (κ1) is 14.4. The van der Waals surface area contributed by atoms with Gasteiger partial charge in [0.15, 0.2) is 0 Å². The summed E-state index contributed by atoms with van der Waals surface area (Å²) < 4.78 is 2.77. The van der Waals surface area contributed by atoms with Gasteiger partial charge in [-0.3, -0.25) is 0 Å². The van der Waals surface area contributed by atoms with E-state index >= 15 is 0 Å². The Bertz CT molecular complexity index is 723. The van der Waals surface area contributed by atoms with E-state index in [9.17, 15) is 0 Å². The topological polar surface area (TPSA) is 63.8 Å². The zero-order chi connectivity index (χ0) is 14.7. The smallest absolute Gasteiger partial charge is 0.123 e. The van der Waals surface area contributed by atoms with E-state index < -0.39 is 0 Å². The summed E-state index contributed by atoms with van der Waals surface area (Å²) in [5, 5.41) is 20.0. The third kappa shape index (κ3) is 3.37. The summed E-state index contributed by atoms with van der Waals surface area (Å²) in [4.78, 5) is 4.64. The fourth-order valence-electron chi connectivity index (χ4n) is 1.96. The maximum absolute atomic E-state index is 9.16. The molecule has 0 aliphatic rings. The predicted octanol–water partition coefficient (Wildman–Crippen LogP) is 2.90. The van der Waals surface area contributed by atoms with Crippen molar-refractivity contribution in [3.8, 4) is 10.6 Å². The first-order chi connectivity index (χ1) is 10.3. The van der Waals surface area contributed by atoms with Crippen LogP contribution in [0.15, 0.2) is 40.3 Å². The first-order valence-electron chi connectivity index (χ1n) is 6.45. The third-order valence-corrected chi connectivity index (χ3v) is 4.55. The number of aliphatic hydroxyl groups excluding tert-OH is 1. The van der Waals surface area contributed by atoms with Gasteiger partial charge in [-0.15, -0.1) is 16.4 Å². The number of hydrogen-bond donors (Lipinski definition) is 1. The molecule has 0 aliphatic heterocycles. The van der Waals surface area contributed by atoms with Crippen LogP contribution in [0, 0.1) is 0 Å². The highest BCUT2D eigenvalue weighted by Crippen LogP contribution is 2.25. The number of aryl methyl sites for hydroxylation is 2. The molecule has 0 saturated carbocycles. The minimum atomic E-state index is -0.0474. The van der Waals surface area contributed by atoms with Crippen molar-refractivity contribution in [2.24, 2.45) is 0 Å². The van der Waals surface area contributed by atoms with Gasteiger partial charge in [-0.05, 0) is 12.1 Å². The standard InChI is InChI=1S/C14H13BrN4OS/c15-11-3-1-10(2-4-11)14-17-12(9-21-14)5-6-19-13(8-20)7-16-18-19/h1-4,7,9,20H,5-6,8H2. The van der Waals surface area contributed by atoms with Crippen LogP contribution in [0.3, 0.4) is 0 Å². The van der Waals surface area contributed by atoms with Gasteiger partial charge in [-0.2, -0.15) is 0 Å². The zero-order valence-electron chi connectivity index (χ0n) is 11.1. The SMILES string of the molecule is OCc1cnnn1CCc1csc(-c2ccc(Br)cc2)n1. The van der Waals surface area contributed by atoms with Crippen LogP contribution < -0.4 is 0 Å². The molecule has 0 radical (unpaired) electrons. The molecular formula is C14H13BrN4OS. The molecule has 0 bridgehead atoms. The molecule has 0 fully saturated rings. The van der Waals surface area contributed by atoms with Crippen LogP contribution in [0.5, 0.6) is 0 Å². The van der Waals surface area contributed by atoms with Gasteiger partial charge in [-0.25, -0.2) is 9.67 Å². The number of aliphatic hydroxyl groups is 1. The average molecular weight is 365 g/mol. The molecule has 3 aromatic rings. The molecule has 0 aliphatic carbocycles. The number of benzene rings is 1. The lowest BCUT2D eigenvalue weighted by atomic mass is 10.2. The van der Waals surface area contributed by atoms with Crippen molar-refractivity contribution >= 4 is 27.3 Å². The lowest BCUT2D eigenvalue weighted by Crippen LogP contribution is -2.07. The van der Waals surface area contributed by atoms with Crippen LogP contribution in [0.4, 0.5) is 0 Å². The van der Waals surface area contributed by atoms with E-state index in [2.05, 4.69) is 36.6 Å². The van der Waals surface area contributed by atoms with Gasteiger partial charge in [0.25, 0.3) is 0 Å². The van der Waals surface area contributed by atoms with Crippen molar-refractivity contribution < 1.29 is 5.11 Å². The Balaban J connectivity index is 1.69. The van der Waals surface area contributed by atoms with E-state index in [0.29, 0.717) is 6.54 Å². The van der Waals surface area contributed by atoms with E-state index in [-0.39, 0.29) is 6.61 Å². The molecule has 5 nitrogen and oxygen atoms in total. The maximum atomic E-state index is 9.16. The molecule has 21 heavy (non-hydrogen) atoms. The fourth-order valence-corrected chi connectivity index (χ4v) is 3.08. The van der Waals surface area contributed by atoms with Crippen LogP contribution in [0.25, 0.3) is 10.6 Å². The van der Waals surface area contributed by atoms with E-state index in [1.54, 1.807) is 22.2 Å². The van der Waals surface area contributed by atoms with Gasteiger partial charge in [-0.1, -0.05) is 33.3 Å². The molecule has 2 aromatic heterocycles. The minimum absolute atomic E-state index is 0.0474. The molecule has 7 heteroatoms. The van der Waals surface area contributed by atoms with Crippen LogP contribution in [0.1, 0.15) is 11.4 Å². The van der Waals surface area contributed by atoms with Crippen molar-refractivity contribution in [2.75, 3.05) is 0 Å². The monoisotopic (exact) mass is 364 g/mol. The van der Waals surface area contributed by atoms with Gasteiger partial charge in [0.1, 0.15) is 5.01 Å². The molecule has 0 atom stereocenters. The van der Waals surface area contributed by atoms with Crippen molar-refractivity contribution in [3.05, 3.63) is 51.7 Å². The molecule has 0 unspecified atom stereocenters. The van der Waals surface area contributed by atoms with Crippen molar-refractivity contribution in [3.63, 3.8) is 0 Å². The van der Waals surface area contributed by atoms with Crippen molar-refractivity contribution in [2.45, 2.75) is 19.6 Å². The zero-order valence-corrected chi connectivity index (χ0v) is 13.5. The van der Waals surface area contributed by atoms with Crippen LogP contribution in [-0.2, 0) is 19.6 Å². The van der Waals surface area contributed by atoms with Gasteiger partial charge in [0, 0.05) is 28.4 Å². The molecule has 0 saturated heterocycles. The van der Waals surface area contributed by atoms with Gasteiger partial charge < -0.3 is 5.11 Å². The maximum Gasteiger partial charge on any atom is 0.123 e. The Morgan fingerprint density at radius 2 is 2.05 bits per heavy atom. The van der Waals surface area contributed by atoms with Gasteiger partial charge in [0.2, 0.25) is 0 Å². The molecule has 1 N–H and O–H groups in total. The number of hydrogen-bond acceptors (Lipinski definition) is 5. The molecule has 1 aromatic carbocycles. The summed E-state index contributed by atoms with van der Waals surface area (Å²) in [6.45, 7) is 0.619. The molecule has 2 heterocycles. The van der Waals surface area contributed by atoms with Crippen LogP contribution in [0.2, 0.25) is 0 Å². The Labute approximate surface area is 134 Å². The second-order valence-corrected chi connectivity index (χ2v) is 6.28. The minimum Gasteiger partial charge on any atom is -0.390 e.